The summed E-state index contributed by atoms with van der Waals surface area (Å²) >= 11 is 0. The van der Waals surface area contributed by atoms with Gasteiger partial charge in [0.2, 0.25) is 5.91 Å². The molecule has 3 rings (SSSR count). The number of likely N-dealkylation sites (tertiary alicyclic amines) is 1. The molecule has 1 aliphatic heterocycles. The highest BCUT2D eigenvalue weighted by atomic mass is 16.3. The summed E-state index contributed by atoms with van der Waals surface area (Å²) < 4.78 is 0. The number of nitrogens with zero attached hydrogens (tertiary/aromatic N) is 2. The van der Waals surface area contributed by atoms with E-state index in [9.17, 15) is 9.90 Å². The van der Waals surface area contributed by atoms with Gasteiger partial charge in [-0.25, -0.2) is 0 Å². The number of fused-ring (bicyclic) bond motifs is 1. The second kappa shape index (κ2) is 5.74. The predicted molar refractivity (Wildman–Crippen MR) is 86.7 cm³/mol. The number of carbonyl (C=O) groups excluding carboxylic acids is 1. The van der Waals surface area contributed by atoms with Gasteiger partial charge in [-0.1, -0.05) is 18.2 Å². The van der Waals surface area contributed by atoms with Crippen molar-refractivity contribution >= 4 is 16.8 Å². The van der Waals surface area contributed by atoms with Crippen LogP contribution in [0.15, 0.2) is 30.5 Å². The van der Waals surface area contributed by atoms with Crippen LogP contribution in [0, 0.1) is 0 Å². The number of nitrogens with one attached hydrogen (secondary N) is 1. The molecule has 0 spiro atoms. The molecule has 1 unspecified atom stereocenters. The molecule has 2 aromatic rings. The van der Waals surface area contributed by atoms with E-state index in [1.165, 1.54) is 0 Å². The number of H-pyrrole nitrogens is 1. The van der Waals surface area contributed by atoms with E-state index in [2.05, 4.69) is 4.98 Å². The van der Waals surface area contributed by atoms with Gasteiger partial charge in [-0.3, -0.25) is 4.79 Å². The molecule has 118 valence electrons. The Morgan fingerprint density at radius 2 is 2.18 bits per heavy atom. The monoisotopic (exact) mass is 301 g/mol. The van der Waals surface area contributed by atoms with Gasteiger partial charge in [0.25, 0.3) is 0 Å². The minimum atomic E-state index is -0.778. The van der Waals surface area contributed by atoms with E-state index in [-0.39, 0.29) is 5.91 Å². The number of rotatable bonds is 4. The molecule has 0 aliphatic carbocycles. The van der Waals surface area contributed by atoms with Crippen molar-refractivity contribution in [2.75, 3.05) is 33.7 Å². The quantitative estimate of drug-likeness (QED) is 0.893. The van der Waals surface area contributed by atoms with E-state index in [0.717, 1.165) is 16.5 Å². The van der Waals surface area contributed by atoms with Crippen LogP contribution in [-0.4, -0.2) is 65.1 Å². The van der Waals surface area contributed by atoms with Crippen LogP contribution in [0.1, 0.15) is 12.0 Å². The van der Waals surface area contributed by atoms with Gasteiger partial charge in [-0.05, 0) is 32.1 Å². The third kappa shape index (κ3) is 3.00. The lowest BCUT2D eigenvalue weighted by Crippen LogP contribution is -2.43. The van der Waals surface area contributed by atoms with Gasteiger partial charge in [-0.15, -0.1) is 0 Å². The molecule has 1 fully saturated rings. The van der Waals surface area contributed by atoms with Crippen LogP contribution in [0.5, 0.6) is 0 Å². The number of para-hydroxylation sites is 1. The molecule has 1 atom stereocenters. The zero-order chi connectivity index (χ0) is 15.7. The molecule has 2 heterocycles. The number of β-amino-alcohol motifs (C(OH)–C–C–N with tert-alkyl or cyclic N) is 1. The number of amides is 1. The highest BCUT2D eigenvalue weighted by Gasteiger charge is 2.38. The number of benzene rings is 1. The smallest absolute Gasteiger partial charge is 0.227 e. The van der Waals surface area contributed by atoms with Crippen LogP contribution in [0.2, 0.25) is 0 Å². The fraction of sp³-hybridized carbons (Fsp3) is 0.471. The Balaban J connectivity index is 1.68. The standard InChI is InChI=1S/C17H23N3O2/c1-19(2)11-17(22)7-8-20(12-17)16(21)9-13-10-18-15-6-4-3-5-14(13)15/h3-6,10,18,22H,7-9,11-12H2,1-2H3. The maximum absolute atomic E-state index is 12.5. The average Bonchev–Trinajstić information content (AvgIpc) is 3.03. The van der Waals surface area contributed by atoms with E-state index < -0.39 is 5.60 Å². The van der Waals surface area contributed by atoms with Crippen molar-refractivity contribution in [3.63, 3.8) is 0 Å². The molecular weight excluding hydrogens is 278 g/mol. The molecular formula is C17H23N3O2. The van der Waals surface area contributed by atoms with Crippen LogP contribution in [0.25, 0.3) is 10.9 Å². The summed E-state index contributed by atoms with van der Waals surface area (Å²) in [7, 11) is 3.88. The lowest BCUT2D eigenvalue weighted by Gasteiger charge is -2.26. The van der Waals surface area contributed by atoms with Crippen molar-refractivity contribution in [2.24, 2.45) is 0 Å². The highest BCUT2D eigenvalue weighted by Crippen LogP contribution is 2.24. The Morgan fingerprint density at radius 3 is 2.95 bits per heavy atom. The zero-order valence-electron chi connectivity index (χ0n) is 13.2. The molecule has 0 bridgehead atoms. The minimum absolute atomic E-state index is 0.0828. The van der Waals surface area contributed by atoms with Gasteiger partial charge in [0.1, 0.15) is 0 Å². The van der Waals surface area contributed by atoms with Crippen molar-refractivity contribution < 1.29 is 9.90 Å². The second-order valence-corrected chi connectivity index (χ2v) is 6.56. The van der Waals surface area contributed by atoms with Gasteiger partial charge in [0.05, 0.1) is 18.6 Å². The average molecular weight is 301 g/mol. The number of hydrogen-bond donors (Lipinski definition) is 2. The fourth-order valence-corrected chi connectivity index (χ4v) is 3.34. The van der Waals surface area contributed by atoms with Crippen molar-refractivity contribution in [1.29, 1.82) is 0 Å². The molecule has 1 saturated heterocycles. The Bertz CT molecular complexity index is 679. The van der Waals surface area contributed by atoms with E-state index in [4.69, 9.17) is 0 Å². The lowest BCUT2D eigenvalue weighted by molar-refractivity contribution is -0.130. The van der Waals surface area contributed by atoms with E-state index >= 15 is 0 Å². The fourth-order valence-electron chi connectivity index (χ4n) is 3.34. The van der Waals surface area contributed by atoms with Gasteiger partial charge in [0, 0.05) is 30.2 Å². The molecule has 1 aromatic heterocycles. The Labute approximate surface area is 130 Å². The maximum Gasteiger partial charge on any atom is 0.227 e. The summed E-state index contributed by atoms with van der Waals surface area (Å²) in [6.07, 6.45) is 2.93. The van der Waals surface area contributed by atoms with Gasteiger partial charge >= 0.3 is 0 Å². The van der Waals surface area contributed by atoms with Crippen molar-refractivity contribution in [1.82, 2.24) is 14.8 Å². The highest BCUT2D eigenvalue weighted by molar-refractivity contribution is 5.89. The Morgan fingerprint density at radius 1 is 1.41 bits per heavy atom. The number of aromatic amines is 1. The lowest BCUT2D eigenvalue weighted by atomic mass is 10.0. The first-order valence-corrected chi connectivity index (χ1v) is 7.67. The topological polar surface area (TPSA) is 59.6 Å². The van der Waals surface area contributed by atoms with Crippen LogP contribution in [0.4, 0.5) is 0 Å². The van der Waals surface area contributed by atoms with Gasteiger partial charge in [-0.2, -0.15) is 0 Å². The molecule has 0 radical (unpaired) electrons. The molecule has 0 saturated carbocycles. The summed E-state index contributed by atoms with van der Waals surface area (Å²) in [6, 6.07) is 8.00. The summed E-state index contributed by atoms with van der Waals surface area (Å²) in [4.78, 5) is 19.5. The van der Waals surface area contributed by atoms with Crippen LogP contribution in [-0.2, 0) is 11.2 Å². The molecule has 1 aromatic carbocycles. The summed E-state index contributed by atoms with van der Waals surface area (Å²) in [5.41, 5.74) is 1.29. The van der Waals surface area contributed by atoms with Crippen LogP contribution < -0.4 is 0 Å². The molecule has 1 amide bonds. The van der Waals surface area contributed by atoms with Crippen molar-refractivity contribution in [3.8, 4) is 0 Å². The number of aromatic nitrogens is 1. The number of carbonyl (C=O) groups is 1. The minimum Gasteiger partial charge on any atom is -0.387 e. The van der Waals surface area contributed by atoms with E-state index in [1.54, 1.807) is 4.90 Å². The summed E-state index contributed by atoms with van der Waals surface area (Å²) in [6.45, 7) is 1.64. The first-order valence-electron chi connectivity index (χ1n) is 7.67. The molecule has 5 heteroatoms. The molecule has 5 nitrogen and oxygen atoms in total. The third-order valence-corrected chi connectivity index (χ3v) is 4.31. The maximum atomic E-state index is 12.5. The number of likely N-dealkylation sites (N-methyl/N-ethyl adjacent to an activating group) is 1. The van der Waals surface area contributed by atoms with Crippen LogP contribution in [0.3, 0.4) is 0 Å². The predicted octanol–water partition coefficient (Wildman–Crippen LogP) is 1.24. The normalized spacial score (nSPS) is 21.9. The molecule has 2 N–H and O–H groups in total. The number of aliphatic hydroxyl groups is 1. The van der Waals surface area contributed by atoms with Crippen LogP contribution >= 0.6 is 0 Å². The van der Waals surface area contributed by atoms with E-state index in [0.29, 0.717) is 32.5 Å². The molecule has 22 heavy (non-hydrogen) atoms. The zero-order valence-corrected chi connectivity index (χ0v) is 13.2. The first-order chi connectivity index (χ1) is 10.5. The Hall–Kier alpha value is -1.85. The van der Waals surface area contributed by atoms with E-state index in [1.807, 2.05) is 49.5 Å². The van der Waals surface area contributed by atoms with Gasteiger partial charge in [0.15, 0.2) is 0 Å². The number of hydrogen-bond acceptors (Lipinski definition) is 3. The SMILES string of the molecule is CN(C)CC1(O)CCN(C(=O)Cc2c[nH]c3ccccc23)C1. The van der Waals surface area contributed by atoms with Gasteiger partial charge < -0.3 is 19.9 Å². The largest absolute Gasteiger partial charge is 0.387 e. The summed E-state index contributed by atoms with van der Waals surface area (Å²) in [5.74, 6) is 0.0828. The first kappa shape index (κ1) is 15.1. The van der Waals surface area contributed by atoms with Crippen molar-refractivity contribution in [3.05, 3.63) is 36.0 Å². The van der Waals surface area contributed by atoms with Crippen molar-refractivity contribution in [2.45, 2.75) is 18.4 Å². The summed E-state index contributed by atoms with van der Waals surface area (Å²) in [5, 5.41) is 11.6. The molecule has 1 aliphatic rings. The third-order valence-electron chi connectivity index (χ3n) is 4.31. The second-order valence-electron chi connectivity index (χ2n) is 6.56. The Kier molecular flexibility index (Phi) is 3.93.